The number of fused-ring (bicyclic) bond motifs is 1. The molecule has 0 saturated carbocycles. The van der Waals surface area contributed by atoms with Gasteiger partial charge in [0.1, 0.15) is 5.82 Å². The van der Waals surface area contributed by atoms with Crippen molar-refractivity contribution in [2.24, 2.45) is 0 Å². The highest BCUT2D eigenvalue weighted by atomic mass is 19.4. The van der Waals surface area contributed by atoms with Gasteiger partial charge in [-0.3, -0.25) is 0 Å². The highest BCUT2D eigenvalue weighted by Crippen LogP contribution is 2.26. The number of aromatic nitrogens is 4. The zero-order valence-electron chi connectivity index (χ0n) is 8.78. The number of nitrogens with zero attached hydrogens (tertiary/aromatic N) is 4. The van der Waals surface area contributed by atoms with Crippen LogP contribution in [0.4, 0.5) is 13.2 Å². The molecule has 0 atom stereocenters. The Bertz CT molecular complexity index is 540. The van der Waals surface area contributed by atoms with E-state index in [1.165, 1.54) is 6.20 Å². The Hall–Kier alpha value is -1.83. The molecule has 0 unspecified atom stereocenters. The first-order valence-corrected chi connectivity index (χ1v) is 4.71. The largest absolute Gasteiger partial charge is 0.451 e. The van der Waals surface area contributed by atoms with E-state index in [0.717, 1.165) is 6.20 Å². The zero-order chi connectivity index (χ0) is 12.5. The first-order chi connectivity index (χ1) is 8.00. The molecule has 0 aromatic carbocycles. The van der Waals surface area contributed by atoms with Crippen LogP contribution >= 0.6 is 0 Å². The van der Waals surface area contributed by atoms with Crippen LogP contribution in [0.3, 0.4) is 0 Å². The van der Waals surface area contributed by atoms with Gasteiger partial charge in [-0.1, -0.05) is 0 Å². The van der Waals surface area contributed by atoms with Crippen molar-refractivity contribution in [1.82, 2.24) is 25.3 Å². The number of rotatable bonds is 2. The lowest BCUT2D eigenvalue weighted by Gasteiger charge is -2.05. The Labute approximate surface area is 94.1 Å². The minimum absolute atomic E-state index is 0.00687. The summed E-state index contributed by atoms with van der Waals surface area (Å²) in [5.74, 6) is -0.814. The number of halogens is 3. The molecule has 5 nitrogen and oxygen atoms in total. The topological polar surface area (TPSA) is 63.6 Å². The van der Waals surface area contributed by atoms with Crippen LogP contribution in [-0.2, 0) is 12.7 Å². The standard InChI is InChI=1S/C9H8F3N5/c1-13-4-6-14-2-5-3-15-8(9(10,11)12)17-7(5)16-6/h2-3,13H,4H2,1H3. The molecular formula is C9H8F3N5. The van der Waals surface area contributed by atoms with Gasteiger partial charge in [-0.05, 0) is 7.05 Å². The van der Waals surface area contributed by atoms with Crippen molar-refractivity contribution in [2.45, 2.75) is 12.7 Å². The Kier molecular flexibility index (Phi) is 2.88. The molecule has 0 radical (unpaired) electrons. The summed E-state index contributed by atoms with van der Waals surface area (Å²) < 4.78 is 37.2. The van der Waals surface area contributed by atoms with Crippen LogP contribution in [0.15, 0.2) is 12.4 Å². The van der Waals surface area contributed by atoms with Gasteiger partial charge in [0, 0.05) is 12.4 Å². The summed E-state index contributed by atoms with van der Waals surface area (Å²) in [6, 6.07) is 0. The normalized spacial score (nSPS) is 12.0. The fraction of sp³-hybridized carbons (Fsp3) is 0.333. The van der Waals surface area contributed by atoms with Crippen molar-refractivity contribution in [1.29, 1.82) is 0 Å². The van der Waals surface area contributed by atoms with Gasteiger partial charge in [-0.25, -0.2) is 19.9 Å². The summed E-state index contributed by atoms with van der Waals surface area (Å²) in [6.07, 6.45) is -2.11. The predicted octanol–water partition coefficient (Wildman–Crippen LogP) is 1.16. The van der Waals surface area contributed by atoms with E-state index < -0.39 is 12.0 Å². The molecule has 0 aliphatic heterocycles. The minimum Gasteiger partial charge on any atom is -0.313 e. The Morgan fingerprint density at radius 1 is 1.18 bits per heavy atom. The van der Waals surface area contributed by atoms with Gasteiger partial charge >= 0.3 is 6.18 Å². The molecule has 0 aliphatic rings. The first kappa shape index (κ1) is 11.6. The molecule has 0 bridgehead atoms. The van der Waals surface area contributed by atoms with Crippen LogP contribution < -0.4 is 5.32 Å². The van der Waals surface area contributed by atoms with E-state index in [2.05, 4.69) is 25.3 Å². The quantitative estimate of drug-likeness (QED) is 0.857. The summed E-state index contributed by atoms with van der Waals surface area (Å²) >= 11 is 0. The third-order valence-electron chi connectivity index (χ3n) is 1.97. The van der Waals surface area contributed by atoms with Gasteiger partial charge in [0.2, 0.25) is 5.82 Å². The third kappa shape index (κ3) is 2.47. The summed E-state index contributed by atoms with van der Waals surface area (Å²) in [6.45, 7) is 0.362. The summed E-state index contributed by atoms with van der Waals surface area (Å²) in [5, 5.41) is 3.18. The molecule has 0 amide bonds. The summed E-state index contributed by atoms with van der Waals surface area (Å²) in [4.78, 5) is 14.5. The van der Waals surface area contributed by atoms with Gasteiger partial charge in [-0.2, -0.15) is 13.2 Å². The van der Waals surface area contributed by atoms with E-state index in [1.54, 1.807) is 7.05 Å². The van der Waals surface area contributed by atoms with Gasteiger partial charge in [0.05, 0.1) is 11.9 Å². The molecular weight excluding hydrogens is 235 g/mol. The van der Waals surface area contributed by atoms with Crippen LogP contribution in [0.2, 0.25) is 0 Å². The van der Waals surface area contributed by atoms with Gasteiger partial charge < -0.3 is 5.32 Å². The average molecular weight is 243 g/mol. The van der Waals surface area contributed by atoms with Gasteiger partial charge in [-0.15, -0.1) is 0 Å². The zero-order valence-corrected chi connectivity index (χ0v) is 8.78. The second kappa shape index (κ2) is 4.21. The van der Waals surface area contributed by atoms with Crippen molar-refractivity contribution >= 4 is 11.0 Å². The maximum Gasteiger partial charge on any atom is 0.451 e. The lowest BCUT2D eigenvalue weighted by atomic mass is 10.4. The molecule has 2 aromatic heterocycles. The SMILES string of the molecule is CNCc1ncc2cnc(C(F)(F)F)nc2n1. The van der Waals surface area contributed by atoms with Crippen LogP contribution in [0.5, 0.6) is 0 Å². The van der Waals surface area contributed by atoms with Crippen LogP contribution in [0, 0.1) is 0 Å². The molecule has 0 fully saturated rings. The predicted molar refractivity (Wildman–Crippen MR) is 52.9 cm³/mol. The van der Waals surface area contributed by atoms with E-state index in [-0.39, 0.29) is 5.65 Å². The molecule has 2 heterocycles. The van der Waals surface area contributed by atoms with E-state index >= 15 is 0 Å². The second-order valence-corrected chi connectivity index (χ2v) is 3.29. The fourth-order valence-electron chi connectivity index (χ4n) is 1.24. The average Bonchev–Trinajstić information content (AvgIpc) is 2.27. The molecule has 0 aliphatic carbocycles. The van der Waals surface area contributed by atoms with E-state index in [0.29, 0.717) is 17.8 Å². The van der Waals surface area contributed by atoms with E-state index in [9.17, 15) is 13.2 Å². The van der Waals surface area contributed by atoms with Crippen LogP contribution in [0.25, 0.3) is 11.0 Å². The van der Waals surface area contributed by atoms with Crippen molar-refractivity contribution < 1.29 is 13.2 Å². The van der Waals surface area contributed by atoms with Crippen molar-refractivity contribution in [2.75, 3.05) is 7.05 Å². The lowest BCUT2D eigenvalue weighted by Crippen LogP contribution is -2.13. The van der Waals surface area contributed by atoms with E-state index in [1.807, 2.05) is 0 Å². The maximum atomic E-state index is 12.4. The van der Waals surface area contributed by atoms with Crippen LogP contribution in [0.1, 0.15) is 11.6 Å². The number of nitrogens with one attached hydrogen (secondary N) is 1. The second-order valence-electron chi connectivity index (χ2n) is 3.29. The molecule has 2 aromatic rings. The maximum absolute atomic E-state index is 12.4. The Morgan fingerprint density at radius 3 is 2.53 bits per heavy atom. The molecule has 0 spiro atoms. The fourth-order valence-corrected chi connectivity index (χ4v) is 1.24. The van der Waals surface area contributed by atoms with Gasteiger partial charge in [0.25, 0.3) is 0 Å². The van der Waals surface area contributed by atoms with Crippen molar-refractivity contribution in [3.8, 4) is 0 Å². The number of hydrogen-bond donors (Lipinski definition) is 1. The monoisotopic (exact) mass is 243 g/mol. The van der Waals surface area contributed by atoms with Crippen LogP contribution in [-0.4, -0.2) is 27.0 Å². The Balaban J connectivity index is 2.51. The van der Waals surface area contributed by atoms with Crippen molar-refractivity contribution in [3.05, 3.63) is 24.0 Å². The molecule has 8 heteroatoms. The van der Waals surface area contributed by atoms with Crippen molar-refractivity contribution in [3.63, 3.8) is 0 Å². The smallest absolute Gasteiger partial charge is 0.313 e. The van der Waals surface area contributed by atoms with Gasteiger partial charge in [0.15, 0.2) is 5.65 Å². The molecule has 0 saturated heterocycles. The number of hydrogen-bond acceptors (Lipinski definition) is 5. The summed E-state index contributed by atoms with van der Waals surface area (Å²) in [5.41, 5.74) is -0.00687. The summed E-state index contributed by atoms with van der Waals surface area (Å²) in [7, 11) is 1.69. The minimum atomic E-state index is -4.57. The molecule has 2 rings (SSSR count). The molecule has 90 valence electrons. The third-order valence-corrected chi connectivity index (χ3v) is 1.97. The van der Waals surface area contributed by atoms with E-state index in [4.69, 9.17) is 0 Å². The first-order valence-electron chi connectivity index (χ1n) is 4.71. The highest BCUT2D eigenvalue weighted by molar-refractivity contribution is 5.72. The molecule has 1 N–H and O–H groups in total. The number of alkyl halides is 3. The lowest BCUT2D eigenvalue weighted by molar-refractivity contribution is -0.144. The molecule has 17 heavy (non-hydrogen) atoms. The Morgan fingerprint density at radius 2 is 1.88 bits per heavy atom. The highest BCUT2D eigenvalue weighted by Gasteiger charge is 2.34.